The first-order valence-electron chi connectivity index (χ1n) is 4.07. The molecule has 0 bridgehead atoms. The lowest BCUT2D eigenvalue weighted by Gasteiger charge is -1.99. The van der Waals surface area contributed by atoms with Gasteiger partial charge >= 0.3 is 0 Å². The van der Waals surface area contributed by atoms with Crippen molar-refractivity contribution >= 4 is 16.9 Å². The zero-order chi connectivity index (χ0) is 9.97. The van der Waals surface area contributed by atoms with E-state index in [1.807, 2.05) is 24.3 Å². The van der Waals surface area contributed by atoms with E-state index >= 15 is 0 Å². The molecule has 14 heavy (non-hydrogen) atoms. The van der Waals surface area contributed by atoms with Gasteiger partial charge in [0.1, 0.15) is 5.69 Å². The molecular weight excluding hydrogens is 178 g/mol. The molecular formula is C9H9N5. The summed E-state index contributed by atoms with van der Waals surface area (Å²) in [6.07, 6.45) is 1.55. The van der Waals surface area contributed by atoms with Crippen LogP contribution in [0.15, 0.2) is 35.6 Å². The van der Waals surface area contributed by atoms with E-state index in [2.05, 4.69) is 15.1 Å². The molecule has 2 aromatic rings. The number of hydrazone groups is 1. The number of amidine groups is 1. The van der Waals surface area contributed by atoms with Gasteiger partial charge in [0.25, 0.3) is 0 Å². The van der Waals surface area contributed by atoms with Gasteiger partial charge in [-0.1, -0.05) is 12.1 Å². The first-order valence-corrected chi connectivity index (χ1v) is 4.07. The summed E-state index contributed by atoms with van der Waals surface area (Å²) >= 11 is 0. The van der Waals surface area contributed by atoms with Gasteiger partial charge in [-0.3, -0.25) is 4.98 Å². The van der Waals surface area contributed by atoms with Crippen LogP contribution in [0.25, 0.3) is 11.0 Å². The van der Waals surface area contributed by atoms with Crippen molar-refractivity contribution in [1.29, 1.82) is 0 Å². The molecule has 0 amide bonds. The van der Waals surface area contributed by atoms with Crippen molar-refractivity contribution in [2.24, 2.45) is 16.7 Å². The van der Waals surface area contributed by atoms with Crippen LogP contribution in [0.2, 0.25) is 0 Å². The number of nitrogens with two attached hydrogens (primary N) is 2. The van der Waals surface area contributed by atoms with Gasteiger partial charge in [-0.25, -0.2) is 4.98 Å². The van der Waals surface area contributed by atoms with Crippen LogP contribution in [-0.2, 0) is 0 Å². The number of fused-ring (bicyclic) bond motifs is 1. The van der Waals surface area contributed by atoms with Gasteiger partial charge in [-0.2, -0.15) is 5.10 Å². The zero-order valence-corrected chi connectivity index (χ0v) is 7.38. The average Bonchev–Trinajstić information content (AvgIpc) is 2.27. The topological polar surface area (TPSA) is 90.2 Å². The molecule has 0 spiro atoms. The first kappa shape index (κ1) is 8.43. The van der Waals surface area contributed by atoms with Crippen LogP contribution >= 0.6 is 0 Å². The summed E-state index contributed by atoms with van der Waals surface area (Å²) in [4.78, 5) is 8.42. The molecule has 70 valence electrons. The van der Waals surface area contributed by atoms with Gasteiger partial charge in [-0.15, -0.1) is 0 Å². The van der Waals surface area contributed by atoms with Crippen molar-refractivity contribution in [2.45, 2.75) is 0 Å². The summed E-state index contributed by atoms with van der Waals surface area (Å²) in [5, 5.41) is 3.36. The highest BCUT2D eigenvalue weighted by atomic mass is 15.2. The van der Waals surface area contributed by atoms with E-state index in [0.717, 1.165) is 11.0 Å². The molecule has 0 aliphatic carbocycles. The fourth-order valence-corrected chi connectivity index (χ4v) is 1.15. The lowest BCUT2D eigenvalue weighted by atomic mass is 10.3. The molecule has 1 aromatic heterocycles. The van der Waals surface area contributed by atoms with Gasteiger partial charge in [0.05, 0.1) is 17.2 Å². The Bertz CT molecular complexity index is 491. The molecule has 1 aromatic carbocycles. The number of hydrogen-bond acceptors (Lipinski definition) is 4. The van der Waals surface area contributed by atoms with E-state index in [9.17, 15) is 0 Å². The van der Waals surface area contributed by atoms with Crippen LogP contribution in [0, 0.1) is 0 Å². The monoisotopic (exact) mass is 187 g/mol. The number of para-hydroxylation sites is 2. The van der Waals surface area contributed by atoms with E-state index in [1.165, 1.54) is 0 Å². The van der Waals surface area contributed by atoms with Crippen LogP contribution in [-0.4, -0.2) is 15.8 Å². The summed E-state index contributed by atoms with van der Waals surface area (Å²) in [5.41, 5.74) is 7.59. The summed E-state index contributed by atoms with van der Waals surface area (Å²) in [5.74, 6) is 5.23. The van der Waals surface area contributed by atoms with Crippen molar-refractivity contribution in [3.05, 3.63) is 36.2 Å². The second kappa shape index (κ2) is 3.29. The third-order valence-electron chi connectivity index (χ3n) is 1.85. The third-order valence-corrected chi connectivity index (χ3v) is 1.85. The maximum absolute atomic E-state index is 5.51. The van der Waals surface area contributed by atoms with E-state index in [4.69, 9.17) is 11.6 Å². The molecule has 4 N–H and O–H groups in total. The molecule has 5 nitrogen and oxygen atoms in total. The van der Waals surface area contributed by atoms with Crippen LogP contribution in [0.3, 0.4) is 0 Å². The lowest BCUT2D eigenvalue weighted by molar-refractivity contribution is 1.19. The Balaban J connectivity index is 2.62. The Labute approximate surface area is 80.5 Å². The molecule has 0 fully saturated rings. The summed E-state index contributed by atoms with van der Waals surface area (Å²) in [6, 6.07) is 7.52. The fourth-order valence-electron chi connectivity index (χ4n) is 1.15. The van der Waals surface area contributed by atoms with E-state index in [-0.39, 0.29) is 5.84 Å². The Morgan fingerprint density at radius 3 is 2.64 bits per heavy atom. The van der Waals surface area contributed by atoms with Gasteiger partial charge in [0.15, 0.2) is 5.84 Å². The minimum atomic E-state index is 0.184. The van der Waals surface area contributed by atoms with Crippen molar-refractivity contribution < 1.29 is 0 Å². The number of nitrogens with zero attached hydrogens (tertiary/aromatic N) is 3. The minimum Gasteiger partial charge on any atom is -0.380 e. The Morgan fingerprint density at radius 2 is 1.93 bits per heavy atom. The Morgan fingerprint density at radius 1 is 1.21 bits per heavy atom. The van der Waals surface area contributed by atoms with Crippen molar-refractivity contribution in [3.63, 3.8) is 0 Å². The summed E-state index contributed by atoms with van der Waals surface area (Å²) in [6.45, 7) is 0. The molecule has 0 unspecified atom stereocenters. The molecule has 2 rings (SSSR count). The SMILES string of the molecule is N/N=C(/N)c1cnc2ccccc2n1. The van der Waals surface area contributed by atoms with Gasteiger partial charge in [0.2, 0.25) is 0 Å². The quantitative estimate of drug-likeness (QED) is 0.289. The molecule has 0 aliphatic heterocycles. The van der Waals surface area contributed by atoms with Crippen LogP contribution in [0.1, 0.15) is 5.69 Å². The maximum atomic E-state index is 5.51. The second-order valence-electron chi connectivity index (χ2n) is 2.76. The van der Waals surface area contributed by atoms with Crippen molar-refractivity contribution in [3.8, 4) is 0 Å². The Hall–Kier alpha value is -2.17. The highest BCUT2D eigenvalue weighted by molar-refractivity contribution is 5.96. The number of benzene rings is 1. The normalized spacial score (nSPS) is 11.9. The van der Waals surface area contributed by atoms with Gasteiger partial charge < -0.3 is 11.6 Å². The average molecular weight is 187 g/mol. The second-order valence-corrected chi connectivity index (χ2v) is 2.76. The number of rotatable bonds is 1. The van der Waals surface area contributed by atoms with Crippen LogP contribution < -0.4 is 11.6 Å². The smallest absolute Gasteiger partial charge is 0.170 e. The predicted molar refractivity (Wildman–Crippen MR) is 54.4 cm³/mol. The van der Waals surface area contributed by atoms with E-state index in [1.54, 1.807) is 6.20 Å². The molecule has 0 aliphatic rings. The largest absolute Gasteiger partial charge is 0.380 e. The minimum absolute atomic E-state index is 0.184. The molecule has 5 heteroatoms. The predicted octanol–water partition coefficient (Wildman–Crippen LogP) is 0.209. The Kier molecular flexibility index (Phi) is 1.98. The van der Waals surface area contributed by atoms with Crippen LogP contribution in [0.4, 0.5) is 0 Å². The highest BCUT2D eigenvalue weighted by Crippen LogP contribution is 2.07. The van der Waals surface area contributed by atoms with E-state index in [0.29, 0.717) is 5.69 Å². The van der Waals surface area contributed by atoms with Gasteiger partial charge in [-0.05, 0) is 12.1 Å². The van der Waals surface area contributed by atoms with Crippen molar-refractivity contribution in [1.82, 2.24) is 9.97 Å². The molecule has 1 heterocycles. The highest BCUT2D eigenvalue weighted by Gasteiger charge is 2.01. The molecule has 0 saturated carbocycles. The van der Waals surface area contributed by atoms with Crippen LogP contribution in [0.5, 0.6) is 0 Å². The fraction of sp³-hybridized carbons (Fsp3) is 0. The van der Waals surface area contributed by atoms with Gasteiger partial charge in [0, 0.05) is 0 Å². The number of aromatic nitrogens is 2. The van der Waals surface area contributed by atoms with Crippen molar-refractivity contribution in [2.75, 3.05) is 0 Å². The van der Waals surface area contributed by atoms with E-state index < -0.39 is 0 Å². The maximum Gasteiger partial charge on any atom is 0.170 e. The molecule has 0 radical (unpaired) electrons. The standard InChI is InChI=1S/C9H9N5/c10-9(14-11)8-5-12-6-3-1-2-4-7(6)13-8/h1-5H,11H2,(H2,10,14). The zero-order valence-electron chi connectivity index (χ0n) is 7.38. The lowest BCUT2D eigenvalue weighted by Crippen LogP contribution is -2.17. The molecule has 0 atom stereocenters. The summed E-state index contributed by atoms with van der Waals surface area (Å²) in [7, 11) is 0. The first-order chi connectivity index (χ1) is 6.81. The molecule has 0 saturated heterocycles. The summed E-state index contributed by atoms with van der Waals surface area (Å²) < 4.78 is 0. The number of hydrogen-bond donors (Lipinski definition) is 2. The third kappa shape index (κ3) is 1.35.